The Hall–Kier alpha value is -3.23. The second-order valence-electron chi connectivity index (χ2n) is 8.50. The van der Waals surface area contributed by atoms with Gasteiger partial charge in [0.15, 0.2) is 0 Å². The SMILES string of the molecule is O=c1c(-c2nccn2-c2ccc3c(c2)ncn3CCO)ccc2n1C[C@@H]1CNC[C@H]2C1. The van der Waals surface area contributed by atoms with Crippen LogP contribution < -0.4 is 10.9 Å². The maximum atomic E-state index is 13.5. The molecular weight excluding hydrogens is 392 g/mol. The van der Waals surface area contributed by atoms with Crippen molar-refractivity contribution in [3.8, 4) is 17.1 Å². The van der Waals surface area contributed by atoms with Crippen molar-refractivity contribution in [2.75, 3.05) is 19.7 Å². The number of piperidine rings is 1. The lowest BCUT2D eigenvalue weighted by Crippen LogP contribution is -2.45. The highest BCUT2D eigenvalue weighted by Crippen LogP contribution is 2.32. The van der Waals surface area contributed by atoms with Gasteiger partial charge in [0.2, 0.25) is 0 Å². The minimum Gasteiger partial charge on any atom is -0.395 e. The topological polar surface area (TPSA) is 89.9 Å². The molecule has 2 aliphatic rings. The fourth-order valence-corrected chi connectivity index (χ4v) is 5.16. The zero-order chi connectivity index (χ0) is 20.9. The van der Waals surface area contributed by atoms with Gasteiger partial charge in [0, 0.05) is 49.3 Å². The second kappa shape index (κ2) is 7.18. The Kier molecular flexibility index (Phi) is 4.29. The number of nitrogens with zero attached hydrogens (tertiary/aromatic N) is 5. The van der Waals surface area contributed by atoms with Crippen LogP contribution in [0.5, 0.6) is 0 Å². The number of rotatable bonds is 4. The first-order valence-electron chi connectivity index (χ1n) is 10.8. The van der Waals surface area contributed by atoms with Crippen LogP contribution in [0, 0.1) is 5.92 Å². The van der Waals surface area contributed by atoms with Crippen LogP contribution in [0.4, 0.5) is 0 Å². The van der Waals surface area contributed by atoms with Crippen molar-refractivity contribution in [2.24, 2.45) is 5.92 Å². The summed E-state index contributed by atoms with van der Waals surface area (Å²) in [4.78, 5) is 22.5. The van der Waals surface area contributed by atoms with Gasteiger partial charge in [0.05, 0.1) is 29.5 Å². The normalized spacial score (nSPS) is 20.2. The molecule has 0 radical (unpaired) electrons. The molecule has 4 aromatic rings. The summed E-state index contributed by atoms with van der Waals surface area (Å²) in [5.41, 5.74) is 4.49. The van der Waals surface area contributed by atoms with Crippen LogP contribution in [0.1, 0.15) is 18.0 Å². The molecule has 0 aliphatic carbocycles. The largest absolute Gasteiger partial charge is 0.395 e. The summed E-state index contributed by atoms with van der Waals surface area (Å²) in [6, 6.07) is 10.0. The highest BCUT2D eigenvalue weighted by Gasteiger charge is 2.31. The number of imidazole rings is 2. The maximum absolute atomic E-state index is 13.5. The Morgan fingerprint density at radius 1 is 1.16 bits per heavy atom. The average Bonchev–Trinajstić information content (AvgIpc) is 3.42. The molecule has 1 fully saturated rings. The van der Waals surface area contributed by atoms with Crippen LogP contribution in [-0.2, 0) is 13.1 Å². The molecule has 2 atom stereocenters. The average molecular weight is 416 g/mol. The molecule has 3 aromatic heterocycles. The smallest absolute Gasteiger partial charge is 0.261 e. The summed E-state index contributed by atoms with van der Waals surface area (Å²) >= 11 is 0. The van der Waals surface area contributed by atoms with Gasteiger partial charge in [0.1, 0.15) is 5.82 Å². The second-order valence-corrected chi connectivity index (χ2v) is 8.50. The Labute approximate surface area is 178 Å². The van der Waals surface area contributed by atoms with Gasteiger partial charge in [-0.2, -0.15) is 0 Å². The molecule has 0 unspecified atom stereocenters. The number of aromatic nitrogens is 5. The summed E-state index contributed by atoms with van der Waals surface area (Å²) in [7, 11) is 0. The monoisotopic (exact) mass is 416 g/mol. The van der Waals surface area contributed by atoms with E-state index < -0.39 is 0 Å². The Morgan fingerprint density at radius 3 is 3.00 bits per heavy atom. The number of benzene rings is 1. The Bertz CT molecular complexity index is 1330. The van der Waals surface area contributed by atoms with Gasteiger partial charge in [-0.3, -0.25) is 9.36 Å². The van der Waals surface area contributed by atoms with E-state index in [1.165, 1.54) is 0 Å². The van der Waals surface area contributed by atoms with Crippen molar-refractivity contribution < 1.29 is 5.11 Å². The number of fused-ring (bicyclic) bond motifs is 5. The predicted octanol–water partition coefficient (Wildman–Crippen LogP) is 1.75. The number of hydrogen-bond donors (Lipinski definition) is 2. The summed E-state index contributed by atoms with van der Waals surface area (Å²) in [5, 5.41) is 12.7. The third kappa shape index (κ3) is 2.94. The molecule has 6 rings (SSSR count). The van der Waals surface area contributed by atoms with Crippen LogP contribution in [0.3, 0.4) is 0 Å². The molecule has 158 valence electrons. The lowest BCUT2D eigenvalue weighted by Gasteiger charge is -2.37. The number of aliphatic hydroxyl groups excluding tert-OH is 1. The van der Waals surface area contributed by atoms with E-state index >= 15 is 0 Å². The zero-order valence-corrected chi connectivity index (χ0v) is 17.1. The molecule has 0 spiro atoms. The van der Waals surface area contributed by atoms with Crippen LogP contribution in [0.25, 0.3) is 28.1 Å². The molecule has 2 N–H and O–H groups in total. The first kappa shape index (κ1) is 18.5. The number of aliphatic hydroxyl groups is 1. The molecule has 8 nitrogen and oxygen atoms in total. The van der Waals surface area contributed by atoms with Crippen molar-refractivity contribution in [3.05, 3.63) is 65.1 Å². The molecule has 1 saturated heterocycles. The highest BCUT2D eigenvalue weighted by atomic mass is 16.3. The summed E-state index contributed by atoms with van der Waals surface area (Å²) in [6.45, 7) is 3.26. The molecule has 5 heterocycles. The van der Waals surface area contributed by atoms with Crippen LogP contribution in [0.2, 0.25) is 0 Å². The molecule has 1 aromatic carbocycles. The van der Waals surface area contributed by atoms with Crippen molar-refractivity contribution in [2.45, 2.75) is 25.4 Å². The molecule has 2 bridgehead atoms. The van der Waals surface area contributed by atoms with Crippen molar-refractivity contribution in [3.63, 3.8) is 0 Å². The minimum atomic E-state index is 0.0369. The van der Waals surface area contributed by atoms with E-state index in [1.54, 1.807) is 12.5 Å². The molecule has 2 aliphatic heterocycles. The maximum Gasteiger partial charge on any atom is 0.261 e. The third-order valence-corrected chi connectivity index (χ3v) is 6.61. The Morgan fingerprint density at radius 2 is 2.10 bits per heavy atom. The van der Waals surface area contributed by atoms with Gasteiger partial charge >= 0.3 is 0 Å². The lowest BCUT2D eigenvalue weighted by molar-refractivity contribution is 0.257. The van der Waals surface area contributed by atoms with Gasteiger partial charge in [-0.1, -0.05) is 0 Å². The van der Waals surface area contributed by atoms with Crippen LogP contribution in [0.15, 0.2) is 53.8 Å². The lowest BCUT2D eigenvalue weighted by atomic mass is 9.84. The van der Waals surface area contributed by atoms with Gasteiger partial charge in [-0.05, 0) is 49.2 Å². The summed E-state index contributed by atoms with van der Waals surface area (Å²) in [6.07, 6.45) is 6.50. The van der Waals surface area contributed by atoms with Crippen LogP contribution >= 0.6 is 0 Å². The van der Waals surface area contributed by atoms with Gasteiger partial charge in [-0.15, -0.1) is 0 Å². The third-order valence-electron chi connectivity index (χ3n) is 6.61. The van der Waals surface area contributed by atoms with Crippen molar-refractivity contribution in [1.29, 1.82) is 0 Å². The van der Waals surface area contributed by atoms with Gasteiger partial charge < -0.3 is 19.6 Å². The summed E-state index contributed by atoms with van der Waals surface area (Å²) in [5.74, 6) is 1.56. The standard InChI is InChI=1S/C23H24N6O2/c30-8-7-27-14-26-19-10-17(1-3-21(19)27)28-6-5-25-22(28)18-2-4-20-16-9-15(11-24-12-16)13-29(20)23(18)31/h1-6,10,14-16,24,30H,7-9,11-13H2/t15-,16+/m0/s1. The molecule has 0 amide bonds. The van der Waals surface area contributed by atoms with Crippen molar-refractivity contribution >= 4 is 11.0 Å². The molecule has 0 saturated carbocycles. The molecule has 8 heteroatoms. The van der Waals surface area contributed by atoms with Gasteiger partial charge in [0.25, 0.3) is 5.56 Å². The van der Waals surface area contributed by atoms with E-state index in [-0.39, 0.29) is 12.2 Å². The van der Waals surface area contributed by atoms with Crippen molar-refractivity contribution in [1.82, 2.24) is 29.0 Å². The minimum absolute atomic E-state index is 0.0369. The number of hydrogen-bond acceptors (Lipinski definition) is 5. The fourth-order valence-electron chi connectivity index (χ4n) is 5.16. The first-order chi connectivity index (χ1) is 15.2. The zero-order valence-electron chi connectivity index (χ0n) is 17.1. The van der Waals surface area contributed by atoms with E-state index in [9.17, 15) is 9.90 Å². The first-order valence-corrected chi connectivity index (χ1v) is 10.8. The van der Waals surface area contributed by atoms with E-state index in [2.05, 4.69) is 21.4 Å². The quantitative estimate of drug-likeness (QED) is 0.529. The van der Waals surface area contributed by atoms with E-state index in [0.29, 0.717) is 29.8 Å². The fraction of sp³-hybridized carbons (Fsp3) is 0.348. The summed E-state index contributed by atoms with van der Waals surface area (Å²) < 4.78 is 5.84. The molecular formula is C23H24N6O2. The highest BCUT2D eigenvalue weighted by molar-refractivity contribution is 5.78. The van der Waals surface area contributed by atoms with Crippen LogP contribution in [-0.4, -0.2) is 48.5 Å². The Balaban J connectivity index is 1.43. The van der Waals surface area contributed by atoms with E-state index in [4.69, 9.17) is 0 Å². The molecule has 31 heavy (non-hydrogen) atoms. The number of nitrogens with one attached hydrogen (secondary N) is 1. The van der Waals surface area contributed by atoms with E-state index in [1.807, 2.05) is 44.2 Å². The predicted molar refractivity (Wildman–Crippen MR) is 117 cm³/mol. The van der Waals surface area contributed by atoms with Gasteiger partial charge in [-0.25, -0.2) is 9.97 Å². The van der Waals surface area contributed by atoms with E-state index in [0.717, 1.165) is 48.5 Å². The number of pyridine rings is 1.